The molecule has 4 heteroatoms. The van der Waals surface area contributed by atoms with E-state index in [9.17, 15) is 5.26 Å². The van der Waals surface area contributed by atoms with E-state index in [1.54, 1.807) is 7.11 Å². The second-order valence-electron chi connectivity index (χ2n) is 4.47. The third-order valence-electron chi connectivity index (χ3n) is 3.13. The summed E-state index contributed by atoms with van der Waals surface area (Å²) >= 11 is 6.10. The zero-order chi connectivity index (χ0) is 12.5. The van der Waals surface area contributed by atoms with Crippen molar-refractivity contribution in [2.24, 2.45) is 5.41 Å². The predicted molar refractivity (Wildman–Crippen MR) is 65.3 cm³/mol. The lowest BCUT2D eigenvalue weighted by Gasteiger charge is -2.35. The van der Waals surface area contributed by atoms with Crippen LogP contribution in [-0.2, 0) is 11.2 Å². The van der Waals surface area contributed by atoms with Crippen LogP contribution in [0.3, 0.4) is 0 Å². The van der Waals surface area contributed by atoms with Gasteiger partial charge >= 0.3 is 0 Å². The minimum Gasteiger partial charge on any atom is -0.495 e. The van der Waals surface area contributed by atoms with Crippen LogP contribution < -0.4 is 4.74 Å². The van der Waals surface area contributed by atoms with E-state index >= 15 is 0 Å². The van der Waals surface area contributed by atoms with Crippen LogP contribution in [0.25, 0.3) is 0 Å². The van der Waals surface area contributed by atoms with Gasteiger partial charge in [0.2, 0.25) is 0 Å². The molecule has 1 aliphatic rings. The van der Waals surface area contributed by atoms with Crippen LogP contribution >= 0.6 is 11.6 Å². The van der Waals surface area contributed by atoms with Crippen LogP contribution in [0, 0.1) is 23.7 Å². The molecule has 90 valence electrons. The summed E-state index contributed by atoms with van der Waals surface area (Å²) in [4.78, 5) is 0. The quantitative estimate of drug-likeness (QED) is 0.830. The molecule has 0 aliphatic carbocycles. The van der Waals surface area contributed by atoms with Crippen molar-refractivity contribution in [3.63, 3.8) is 0 Å². The third-order valence-corrected chi connectivity index (χ3v) is 3.43. The highest BCUT2D eigenvalue weighted by molar-refractivity contribution is 6.32. The molecular weight excluding hydrogens is 238 g/mol. The number of methoxy groups -OCH3 is 1. The maximum Gasteiger partial charge on any atom is 0.137 e. The fourth-order valence-electron chi connectivity index (χ4n) is 1.96. The maximum absolute atomic E-state index is 9.17. The van der Waals surface area contributed by atoms with Crippen LogP contribution in [0.5, 0.6) is 5.75 Å². The normalized spacial score (nSPS) is 17.1. The van der Waals surface area contributed by atoms with Crippen molar-refractivity contribution in [3.05, 3.63) is 28.3 Å². The summed E-state index contributed by atoms with van der Waals surface area (Å²) in [5.74, 6) is 0.670. The SMILES string of the molecule is COc1cc(C)c(CC2(C#N)COC2)cc1Cl. The van der Waals surface area contributed by atoms with Gasteiger partial charge in [0.05, 0.1) is 31.4 Å². The molecular formula is C13H14ClNO2. The Morgan fingerprint density at radius 3 is 2.71 bits per heavy atom. The van der Waals surface area contributed by atoms with Crippen LogP contribution in [0.2, 0.25) is 5.02 Å². The van der Waals surface area contributed by atoms with Gasteiger partial charge in [0.1, 0.15) is 11.2 Å². The van der Waals surface area contributed by atoms with E-state index in [2.05, 4.69) is 6.07 Å². The smallest absolute Gasteiger partial charge is 0.137 e. The summed E-state index contributed by atoms with van der Waals surface area (Å²) in [5, 5.41) is 9.76. The van der Waals surface area contributed by atoms with Gasteiger partial charge in [-0.3, -0.25) is 0 Å². The summed E-state index contributed by atoms with van der Waals surface area (Å²) < 4.78 is 10.3. The zero-order valence-electron chi connectivity index (χ0n) is 9.92. The van der Waals surface area contributed by atoms with Gasteiger partial charge in [0.25, 0.3) is 0 Å². The van der Waals surface area contributed by atoms with E-state index in [1.165, 1.54) is 0 Å². The average molecular weight is 252 g/mol. The lowest BCUT2D eigenvalue weighted by Crippen LogP contribution is -2.43. The average Bonchev–Trinajstić information content (AvgIpc) is 2.27. The van der Waals surface area contributed by atoms with E-state index in [0.29, 0.717) is 30.4 Å². The van der Waals surface area contributed by atoms with Gasteiger partial charge in [-0.2, -0.15) is 5.26 Å². The van der Waals surface area contributed by atoms with E-state index in [0.717, 1.165) is 11.1 Å². The van der Waals surface area contributed by atoms with Gasteiger partial charge in [0.15, 0.2) is 0 Å². The van der Waals surface area contributed by atoms with Crippen molar-refractivity contribution in [2.75, 3.05) is 20.3 Å². The topological polar surface area (TPSA) is 42.2 Å². The first-order valence-corrected chi connectivity index (χ1v) is 5.80. The molecule has 2 rings (SSSR count). The van der Waals surface area contributed by atoms with Gasteiger partial charge in [-0.15, -0.1) is 0 Å². The van der Waals surface area contributed by atoms with Crippen molar-refractivity contribution >= 4 is 11.6 Å². The molecule has 1 aromatic rings. The number of benzene rings is 1. The minimum absolute atomic E-state index is 0.372. The Kier molecular flexibility index (Phi) is 3.28. The lowest BCUT2D eigenvalue weighted by atomic mass is 9.80. The number of hydrogen-bond acceptors (Lipinski definition) is 3. The molecule has 1 aromatic carbocycles. The monoisotopic (exact) mass is 251 g/mol. The second-order valence-corrected chi connectivity index (χ2v) is 4.88. The molecule has 0 saturated carbocycles. The van der Waals surface area contributed by atoms with Crippen molar-refractivity contribution in [3.8, 4) is 11.8 Å². The molecule has 1 aliphatic heterocycles. The maximum atomic E-state index is 9.17. The first kappa shape index (κ1) is 12.2. The molecule has 1 saturated heterocycles. The van der Waals surface area contributed by atoms with Crippen molar-refractivity contribution in [1.29, 1.82) is 5.26 Å². The zero-order valence-corrected chi connectivity index (χ0v) is 10.7. The molecule has 17 heavy (non-hydrogen) atoms. The summed E-state index contributed by atoms with van der Waals surface area (Å²) in [6.07, 6.45) is 0.680. The van der Waals surface area contributed by atoms with Gasteiger partial charge in [-0.25, -0.2) is 0 Å². The van der Waals surface area contributed by atoms with Crippen LogP contribution in [0.4, 0.5) is 0 Å². The van der Waals surface area contributed by atoms with Gasteiger partial charge in [-0.05, 0) is 36.6 Å². The molecule has 0 spiro atoms. The highest BCUT2D eigenvalue weighted by Crippen LogP contribution is 2.35. The molecule has 0 aromatic heterocycles. The Balaban J connectivity index is 2.28. The molecule has 0 N–H and O–H groups in total. The van der Waals surface area contributed by atoms with Crippen LogP contribution in [-0.4, -0.2) is 20.3 Å². The number of ether oxygens (including phenoxy) is 2. The molecule has 1 heterocycles. The van der Waals surface area contributed by atoms with E-state index < -0.39 is 0 Å². The Morgan fingerprint density at radius 2 is 2.24 bits per heavy atom. The van der Waals surface area contributed by atoms with E-state index in [-0.39, 0.29) is 5.41 Å². The molecule has 3 nitrogen and oxygen atoms in total. The van der Waals surface area contributed by atoms with Gasteiger partial charge in [-0.1, -0.05) is 11.6 Å². The summed E-state index contributed by atoms with van der Waals surface area (Å²) in [6.45, 7) is 3.01. The number of halogens is 1. The van der Waals surface area contributed by atoms with Crippen LogP contribution in [0.1, 0.15) is 11.1 Å². The molecule has 0 amide bonds. The molecule has 0 unspecified atom stereocenters. The van der Waals surface area contributed by atoms with Crippen molar-refractivity contribution in [2.45, 2.75) is 13.3 Å². The molecule has 0 bridgehead atoms. The summed E-state index contributed by atoms with van der Waals surface area (Å²) in [5.41, 5.74) is 1.80. The second kappa shape index (κ2) is 4.56. The summed E-state index contributed by atoms with van der Waals surface area (Å²) in [6, 6.07) is 6.13. The Hall–Kier alpha value is -1.24. The van der Waals surface area contributed by atoms with Crippen molar-refractivity contribution in [1.82, 2.24) is 0 Å². The molecule has 0 atom stereocenters. The first-order valence-electron chi connectivity index (χ1n) is 5.42. The highest BCUT2D eigenvalue weighted by Gasteiger charge is 2.39. The fraction of sp³-hybridized carbons (Fsp3) is 0.462. The lowest BCUT2D eigenvalue weighted by molar-refractivity contribution is -0.0765. The van der Waals surface area contributed by atoms with E-state index in [4.69, 9.17) is 21.1 Å². The largest absolute Gasteiger partial charge is 0.495 e. The van der Waals surface area contributed by atoms with Crippen LogP contribution in [0.15, 0.2) is 12.1 Å². The fourth-order valence-corrected chi connectivity index (χ4v) is 2.23. The van der Waals surface area contributed by atoms with Gasteiger partial charge < -0.3 is 9.47 Å². The number of aryl methyl sites for hydroxylation is 1. The Bertz CT molecular complexity index is 475. The standard InChI is InChI=1S/C13H14ClNO2/c1-9-3-12(16-2)11(14)4-10(9)5-13(6-15)7-17-8-13/h3-4H,5,7-8H2,1-2H3. The minimum atomic E-state index is -0.372. The highest BCUT2D eigenvalue weighted by atomic mass is 35.5. The Morgan fingerprint density at radius 1 is 1.53 bits per heavy atom. The number of rotatable bonds is 3. The third kappa shape index (κ3) is 2.24. The summed E-state index contributed by atoms with van der Waals surface area (Å²) in [7, 11) is 1.59. The number of nitriles is 1. The molecule has 0 radical (unpaired) electrons. The van der Waals surface area contributed by atoms with Crippen molar-refractivity contribution < 1.29 is 9.47 Å². The molecule has 1 fully saturated rings. The predicted octanol–water partition coefficient (Wildman–Crippen LogP) is 2.74. The first-order chi connectivity index (χ1) is 8.10. The Labute approximate surface area is 106 Å². The van der Waals surface area contributed by atoms with Gasteiger partial charge in [0, 0.05) is 0 Å². The van der Waals surface area contributed by atoms with E-state index in [1.807, 2.05) is 19.1 Å². The number of hydrogen-bond donors (Lipinski definition) is 0. The number of nitrogens with zero attached hydrogens (tertiary/aromatic N) is 1.